The SMILES string of the molecule is CC(c1nccs1)N1CCN(c2nccnc2C#N)CC1. The molecular weight excluding hydrogens is 284 g/mol. The van der Waals surface area contributed by atoms with E-state index in [-0.39, 0.29) is 0 Å². The van der Waals surface area contributed by atoms with E-state index in [1.54, 1.807) is 23.7 Å². The van der Waals surface area contributed by atoms with Crippen LogP contribution in [0.1, 0.15) is 23.7 Å². The van der Waals surface area contributed by atoms with E-state index in [4.69, 9.17) is 5.26 Å². The van der Waals surface area contributed by atoms with Crippen LogP contribution in [0.4, 0.5) is 5.82 Å². The maximum absolute atomic E-state index is 9.12. The van der Waals surface area contributed by atoms with Gasteiger partial charge in [0.05, 0.1) is 6.04 Å². The lowest BCUT2D eigenvalue weighted by Crippen LogP contribution is -2.47. The first-order valence-corrected chi connectivity index (χ1v) is 7.77. The Bertz CT molecular complexity index is 627. The summed E-state index contributed by atoms with van der Waals surface area (Å²) in [6, 6.07) is 2.45. The van der Waals surface area contributed by atoms with Gasteiger partial charge < -0.3 is 4.90 Å². The molecule has 2 aromatic rings. The van der Waals surface area contributed by atoms with Crippen LogP contribution in [0.15, 0.2) is 24.0 Å². The van der Waals surface area contributed by atoms with Crippen LogP contribution in [0.3, 0.4) is 0 Å². The van der Waals surface area contributed by atoms with Crippen molar-refractivity contribution in [3.8, 4) is 6.07 Å². The van der Waals surface area contributed by atoms with Gasteiger partial charge in [-0.05, 0) is 6.92 Å². The summed E-state index contributed by atoms with van der Waals surface area (Å²) < 4.78 is 0. The highest BCUT2D eigenvalue weighted by Gasteiger charge is 2.25. The number of hydrogen-bond acceptors (Lipinski definition) is 7. The van der Waals surface area contributed by atoms with Gasteiger partial charge in [0, 0.05) is 50.1 Å². The molecule has 0 aliphatic carbocycles. The number of hydrogen-bond donors (Lipinski definition) is 0. The molecule has 0 spiro atoms. The molecule has 0 aromatic carbocycles. The lowest BCUT2D eigenvalue weighted by Gasteiger charge is -2.37. The number of piperazine rings is 1. The molecule has 0 radical (unpaired) electrons. The summed E-state index contributed by atoms with van der Waals surface area (Å²) >= 11 is 1.70. The first kappa shape index (κ1) is 13.9. The molecule has 0 bridgehead atoms. The smallest absolute Gasteiger partial charge is 0.183 e. The molecule has 3 heterocycles. The third-order valence-corrected chi connectivity index (χ3v) is 4.70. The molecule has 1 unspecified atom stereocenters. The van der Waals surface area contributed by atoms with Crippen LogP contribution in [0.2, 0.25) is 0 Å². The van der Waals surface area contributed by atoms with Gasteiger partial charge >= 0.3 is 0 Å². The Morgan fingerprint density at radius 2 is 1.90 bits per heavy atom. The molecule has 1 saturated heterocycles. The van der Waals surface area contributed by atoms with Gasteiger partial charge in [-0.2, -0.15) is 5.26 Å². The van der Waals surface area contributed by atoms with Gasteiger partial charge in [-0.1, -0.05) is 0 Å². The predicted octanol–water partition coefficient (Wildman–Crippen LogP) is 1.69. The van der Waals surface area contributed by atoms with Gasteiger partial charge in [-0.25, -0.2) is 15.0 Å². The topological polar surface area (TPSA) is 68.9 Å². The minimum absolute atomic E-state index is 0.337. The summed E-state index contributed by atoms with van der Waals surface area (Å²) in [5, 5.41) is 12.3. The standard InChI is InChI=1S/C14H16N6S/c1-11(14-18-4-9-21-14)19-5-7-20(8-6-19)13-12(10-15)16-2-3-17-13/h2-4,9,11H,5-8H2,1H3. The largest absolute Gasteiger partial charge is 0.352 e. The van der Waals surface area contributed by atoms with E-state index in [0.29, 0.717) is 17.6 Å². The minimum atomic E-state index is 0.337. The molecule has 3 rings (SSSR count). The highest BCUT2D eigenvalue weighted by atomic mass is 32.1. The van der Waals surface area contributed by atoms with Crippen molar-refractivity contribution in [2.45, 2.75) is 13.0 Å². The number of anilines is 1. The maximum Gasteiger partial charge on any atom is 0.183 e. The highest BCUT2D eigenvalue weighted by Crippen LogP contribution is 2.24. The van der Waals surface area contributed by atoms with Crippen LogP contribution in [-0.2, 0) is 0 Å². The summed E-state index contributed by atoms with van der Waals surface area (Å²) in [6.45, 7) is 5.76. The number of rotatable bonds is 3. The fourth-order valence-electron chi connectivity index (χ4n) is 2.56. The van der Waals surface area contributed by atoms with Crippen molar-refractivity contribution in [1.82, 2.24) is 19.9 Å². The zero-order valence-corrected chi connectivity index (χ0v) is 12.6. The second-order valence-corrected chi connectivity index (χ2v) is 5.84. The van der Waals surface area contributed by atoms with Crippen molar-refractivity contribution in [2.75, 3.05) is 31.1 Å². The zero-order chi connectivity index (χ0) is 14.7. The lowest BCUT2D eigenvalue weighted by atomic mass is 10.2. The Morgan fingerprint density at radius 1 is 1.14 bits per heavy atom. The Morgan fingerprint density at radius 3 is 2.57 bits per heavy atom. The quantitative estimate of drug-likeness (QED) is 0.859. The number of nitriles is 1. The van der Waals surface area contributed by atoms with E-state index in [2.05, 4.69) is 37.7 Å². The van der Waals surface area contributed by atoms with Gasteiger partial charge in [-0.15, -0.1) is 11.3 Å². The number of aromatic nitrogens is 3. The summed E-state index contributed by atoms with van der Waals surface area (Å²) in [5.41, 5.74) is 0.402. The fourth-order valence-corrected chi connectivity index (χ4v) is 3.29. The second-order valence-electron chi connectivity index (χ2n) is 4.91. The lowest BCUT2D eigenvalue weighted by molar-refractivity contribution is 0.198. The molecule has 0 amide bonds. The Labute approximate surface area is 127 Å². The van der Waals surface area contributed by atoms with E-state index >= 15 is 0 Å². The monoisotopic (exact) mass is 300 g/mol. The Balaban J connectivity index is 1.67. The Hall–Kier alpha value is -2.04. The van der Waals surface area contributed by atoms with E-state index in [1.165, 1.54) is 0 Å². The normalized spacial score (nSPS) is 17.4. The summed E-state index contributed by atoms with van der Waals surface area (Å²) in [7, 11) is 0. The molecule has 0 N–H and O–H groups in total. The van der Waals surface area contributed by atoms with Crippen LogP contribution >= 0.6 is 11.3 Å². The minimum Gasteiger partial charge on any atom is -0.352 e. The van der Waals surface area contributed by atoms with Crippen LogP contribution in [0.25, 0.3) is 0 Å². The van der Waals surface area contributed by atoms with E-state index in [1.807, 2.05) is 11.6 Å². The molecule has 0 saturated carbocycles. The molecule has 1 atom stereocenters. The first-order valence-electron chi connectivity index (χ1n) is 6.89. The average molecular weight is 300 g/mol. The van der Waals surface area contributed by atoms with Crippen LogP contribution in [-0.4, -0.2) is 46.0 Å². The summed E-state index contributed by atoms with van der Waals surface area (Å²) in [6.07, 6.45) is 5.05. The summed E-state index contributed by atoms with van der Waals surface area (Å²) in [4.78, 5) is 17.3. The molecule has 21 heavy (non-hydrogen) atoms. The molecule has 1 aliphatic heterocycles. The van der Waals surface area contributed by atoms with Gasteiger partial charge in [0.25, 0.3) is 0 Å². The predicted molar refractivity (Wildman–Crippen MR) is 81.1 cm³/mol. The zero-order valence-electron chi connectivity index (χ0n) is 11.8. The summed E-state index contributed by atoms with van der Waals surface area (Å²) in [5.74, 6) is 0.696. The van der Waals surface area contributed by atoms with E-state index in [0.717, 1.165) is 31.2 Å². The van der Waals surface area contributed by atoms with Crippen LogP contribution in [0, 0.1) is 11.3 Å². The van der Waals surface area contributed by atoms with Crippen molar-refractivity contribution < 1.29 is 0 Å². The Kier molecular flexibility index (Phi) is 4.08. The third kappa shape index (κ3) is 2.86. The first-order chi connectivity index (χ1) is 10.3. The van der Waals surface area contributed by atoms with E-state index in [9.17, 15) is 0 Å². The highest BCUT2D eigenvalue weighted by molar-refractivity contribution is 7.09. The van der Waals surface area contributed by atoms with Gasteiger partial charge in [0.2, 0.25) is 0 Å². The van der Waals surface area contributed by atoms with E-state index < -0.39 is 0 Å². The third-order valence-electron chi connectivity index (χ3n) is 3.76. The van der Waals surface area contributed by atoms with Crippen LogP contribution < -0.4 is 4.90 Å². The van der Waals surface area contributed by atoms with Crippen molar-refractivity contribution in [2.24, 2.45) is 0 Å². The molecule has 108 valence electrons. The van der Waals surface area contributed by atoms with Crippen molar-refractivity contribution in [3.63, 3.8) is 0 Å². The molecule has 1 aliphatic rings. The molecule has 6 nitrogen and oxygen atoms in total. The van der Waals surface area contributed by atoms with Crippen molar-refractivity contribution in [3.05, 3.63) is 34.7 Å². The molecule has 1 fully saturated rings. The van der Waals surface area contributed by atoms with Gasteiger partial charge in [0.1, 0.15) is 11.1 Å². The second kappa shape index (κ2) is 6.16. The van der Waals surface area contributed by atoms with Crippen molar-refractivity contribution >= 4 is 17.2 Å². The van der Waals surface area contributed by atoms with Crippen molar-refractivity contribution in [1.29, 1.82) is 5.26 Å². The maximum atomic E-state index is 9.12. The molecular formula is C14H16N6S. The number of nitrogens with zero attached hydrogens (tertiary/aromatic N) is 6. The molecule has 2 aromatic heterocycles. The van der Waals surface area contributed by atoms with Crippen LogP contribution in [0.5, 0.6) is 0 Å². The fraction of sp³-hybridized carbons (Fsp3) is 0.429. The van der Waals surface area contributed by atoms with Gasteiger partial charge in [-0.3, -0.25) is 4.90 Å². The average Bonchev–Trinajstić information content (AvgIpc) is 3.09. The number of thiazole rings is 1. The van der Waals surface area contributed by atoms with Gasteiger partial charge in [0.15, 0.2) is 11.5 Å². The molecule has 7 heteroatoms.